The van der Waals surface area contributed by atoms with Crippen LogP contribution in [-0.4, -0.2) is 30.8 Å². The van der Waals surface area contributed by atoms with Crippen molar-refractivity contribution in [2.45, 2.75) is 26.2 Å². The van der Waals surface area contributed by atoms with Gasteiger partial charge in [0.25, 0.3) is 11.8 Å². The Bertz CT molecular complexity index is 1060. The van der Waals surface area contributed by atoms with Gasteiger partial charge in [-0.2, -0.15) is 0 Å². The molecule has 33 heavy (non-hydrogen) atoms. The van der Waals surface area contributed by atoms with Gasteiger partial charge in [-0.05, 0) is 61.7 Å². The summed E-state index contributed by atoms with van der Waals surface area (Å²) < 4.78 is 0. The van der Waals surface area contributed by atoms with Crippen molar-refractivity contribution in [2.24, 2.45) is 0 Å². The fourth-order valence-electron chi connectivity index (χ4n) is 3.28. The van der Waals surface area contributed by atoms with Crippen molar-refractivity contribution in [2.75, 3.05) is 18.4 Å². The van der Waals surface area contributed by atoms with Crippen molar-refractivity contribution in [1.82, 2.24) is 10.6 Å². The number of anilines is 1. The molecule has 0 aliphatic carbocycles. The number of aryl methyl sites for hydroxylation is 2. The third kappa shape index (κ3) is 7.92. The highest BCUT2D eigenvalue weighted by Gasteiger charge is 2.08. The minimum Gasteiger partial charge on any atom is -0.354 e. The van der Waals surface area contributed by atoms with E-state index >= 15 is 0 Å². The maximum Gasteiger partial charge on any atom is 0.255 e. The molecule has 0 fully saturated rings. The van der Waals surface area contributed by atoms with Gasteiger partial charge in [-0.25, -0.2) is 0 Å². The molecule has 0 spiro atoms. The average Bonchev–Trinajstić information content (AvgIpc) is 2.83. The zero-order valence-electron chi connectivity index (χ0n) is 18.8. The fourth-order valence-corrected chi connectivity index (χ4v) is 3.28. The lowest BCUT2D eigenvalue weighted by atomic mass is 10.1. The van der Waals surface area contributed by atoms with Gasteiger partial charge < -0.3 is 16.0 Å². The first kappa shape index (κ1) is 23.7. The zero-order valence-corrected chi connectivity index (χ0v) is 18.8. The second-order valence-corrected chi connectivity index (χ2v) is 7.84. The summed E-state index contributed by atoms with van der Waals surface area (Å²) in [6.07, 6.45) is 2.11. The molecule has 0 bridgehead atoms. The second-order valence-electron chi connectivity index (χ2n) is 7.84. The Morgan fingerprint density at radius 1 is 0.697 bits per heavy atom. The largest absolute Gasteiger partial charge is 0.354 e. The van der Waals surface area contributed by atoms with Gasteiger partial charge in [-0.1, -0.05) is 48.0 Å². The van der Waals surface area contributed by atoms with Crippen LogP contribution in [-0.2, 0) is 11.2 Å². The van der Waals surface area contributed by atoms with Crippen LogP contribution in [0.4, 0.5) is 5.69 Å². The molecular weight excluding hydrogens is 414 g/mol. The lowest BCUT2D eigenvalue weighted by molar-refractivity contribution is -0.121. The van der Waals surface area contributed by atoms with Crippen LogP contribution in [0, 0.1) is 6.92 Å². The minimum absolute atomic E-state index is 0.0196. The van der Waals surface area contributed by atoms with Crippen LogP contribution >= 0.6 is 0 Å². The highest BCUT2D eigenvalue weighted by atomic mass is 16.2. The standard InChI is InChI=1S/C27H29N3O3/c1-20-10-12-23(13-11-20)27(33)30-24-16-14-22(15-17-24)26(32)29-19-18-28-25(31)9-5-8-21-6-3-2-4-7-21/h2-4,6-7,10-17H,5,8-9,18-19H2,1H3,(H,28,31)(H,29,32)(H,30,33). The Hall–Kier alpha value is -3.93. The summed E-state index contributed by atoms with van der Waals surface area (Å²) in [5.74, 6) is -0.453. The van der Waals surface area contributed by atoms with Gasteiger partial charge in [-0.3, -0.25) is 14.4 Å². The highest BCUT2D eigenvalue weighted by molar-refractivity contribution is 6.04. The van der Waals surface area contributed by atoms with E-state index < -0.39 is 0 Å². The fraction of sp³-hybridized carbons (Fsp3) is 0.222. The molecule has 170 valence electrons. The van der Waals surface area contributed by atoms with Crippen LogP contribution in [0.1, 0.15) is 44.7 Å². The van der Waals surface area contributed by atoms with Crippen LogP contribution in [0.3, 0.4) is 0 Å². The van der Waals surface area contributed by atoms with Crippen LogP contribution in [0.25, 0.3) is 0 Å². The van der Waals surface area contributed by atoms with Gasteiger partial charge in [0.15, 0.2) is 0 Å². The smallest absolute Gasteiger partial charge is 0.255 e. The Morgan fingerprint density at radius 2 is 1.30 bits per heavy atom. The lowest BCUT2D eigenvalue weighted by Gasteiger charge is -2.09. The van der Waals surface area contributed by atoms with E-state index in [1.807, 2.05) is 37.3 Å². The number of hydrogen-bond acceptors (Lipinski definition) is 3. The summed E-state index contributed by atoms with van der Waals surface area (Å²) in [5, 5.41) is 8.43. The molecular formula is C27H29N3O3. The average molecular weight is 444 g/mol. The van der Waals surface area contributed by atoms with Crippen molar-refractivity contribution in [3.8, 4) is 0 Å². The molecule has 3 aromatic carbocycles. The van der Waals surface area contributed by atoms with Crippen molar-refractivity contribution >= 4 is 23.4 Å². The molecule has 0 saturated carbocycles. The van der Waals surface area contributed by atoms with Gasteiger partial charge in [0.2, 0.25) is 5.91 Å². The molecule has 0 radical (unpaired) electrons. The molecule has 0 unspecified atom stereocenters. The van der Waals surface area contributed by atoms with E-state index in [-0.39, 0.29) is 17.7 Å². The summed E-state index contributed by atoms with van der Waals surface area (Å²) in [5.41, 5.74) is 3.98. The minimum atomic E-state index is -0.232. The number of amides is 3. The summed E-state index contributed by atoms with van der Waals surface area (Å²) in [6.45, 7) is 2.68. The maximum atomic E-state index is 12.3. The SMILES string of the molecule is Cc1ccc(C(=O)Nc2ccc(C(=O)NCCNC(=O)CCCc3ccccc3)cc2)cc1. The number of carbonyl (C=O) groups excluding carboxylic acids is 3. The second kappa shape index (κ2) is 12.2. The van der Waals surface area contributed by atoms with E-state index in [1.54, 1.807) is 36.4 Å². The number of nitrogens with one attached hydrogen (secondary N) is 3. The van der Waals surface area contributed by atoms with E-state index in [2.05, 4.69) is 28.1 Å². The normalized spacial score (nSPS) is 10.3. The van der Waals surface area contributed by atoms with Crippen molar-refractivity contribution < 1.29 is 14.4 Å². The zero-order chi connectivity index (χ0) is 23.5. The van der Waals surface area contributed by atoms with Gasteiger partial charge in [0, 0.05) is 36.3 Å². The van der Waals surface area contributed by atoms with E-state index in [1.165, 1.54) is 5.56 Å². The van der Waals surface area contributed by atoms with Crippen LogP contribution < -0.4 is 16.0 Å². The molecule has 0 atom stereocenters. The van der Waals surface area contributed by atoms with Crippen molar-refractivity contribution in [3.05, 3.63) is 101 Å². The summed E-state index contributed by atoms with van der Waals surface area (Å²) in [6, 6.07) is 24.1. The first-order valence-corrected chi connectivity index (χ1v) is 11.1. The van der Waals surface area contributed by atoms with Crippen LogP contribution in [0.15, 0.2) is 78.9 Å². The predicted molar refractivity (Wildman–Crippen MR) is 130 cm³/mol. The topological polar surface area (TPSA) is 87.3 Å². The third-order valence-electron chi connectivity index (χ3n) is 5.16. The summed E-state index contributed by atoms with van der Waals surface area (Å²) in [7, 11) is 0. The molecule has 3 rings (SSSR count). The molecule has 3 N–H and O–H groups in total. The Balaban J connectivity index is 1.34. The maximum absolute atomic E-state index is 12.3. The van der Waals surface area contributed by atoms with E-state index in [4.69, 9.17) is 0 Å². The number of rotatable bonds is 10. The Labute approximate surface area is 194 Å². The molecule has 0 aliphatic rings. The highest BCUT2D eigenvalue weighted by Crippen LogP contribution is 2.12. The van der Waals surface area contributed by atoms with E-state index in [9.17, 15) is 14.4 Å². The van der Waals surface area contributed by atoms with Gasteiger partial charge in [-0.15, -0.1) is 0 Å². The molecule has 3 aromatic rings. The molecule has 0 aromatic heterocycles. The first-order chi connectivity index (χ1) is 16.0. The number of benzene rings is 3. The number of hydrogen-bond donors (Lipinski definition) is 3. The van der Waals surface area contributed by atoms with Gasteiger partial charge in [0.1, 0.15) is 0 Å². The van der Waals surface area contributed by atoms with E-state index in [0.29, 0.717) is 36.3 Å². The molecule has 0 heterocycles. The van der Waals surface area contributed by atoms with Gasteiger partial charge in [0.05, 0.1) is 0 Å². The quantitative estimate of drug-likeness (QED) is 0.412. The monoisotopic (exact) mass is 443 g/mol. The van der Waals surface area contributed by atoms with Crippen molar-refractivity contribution in [3.63, 3.8) is 0 Å². The Morgan fingerprint density at radius 3 is 2.00 bits per heavy atom. The third-order valence-corrected chi connectivity index (χ3v) is 5.16. The summed E-state index contributed by atoms with van der Waals surface area (Å²) >= 11 is 0. The van der Waals surface area contributed by atoms with Gasteiger partial charge >= 0.3 is 0 Å². The first-order valence-electron chi connectivity index (χ1n) is 11.1. The molecule has 6 heteroatoms. The predicted octanol–water partition coefficient (Wildman–Crippen LogP) is 4.12. The number of carbonyl (C=O) groups is 3. The lowest BCUT2D eigenvalue weighted by Crippen LogP contribution is -2.34. The molecule has 0 aliphatic heterocycles. The van der Waals surface area contributed by atoms with Crippen LogP contribution in [0.2, 0.25) is 0 Å². The summed E-state index contributed by atoms with van der Waals surface area (Å²) in [4.78, 5) is 36.5. The molecule has 0 saturated heterocycles. The van der Waals surface area contributed by atoms with Crippen molar-refractivity contribution in [1.29, 1.82) is 0 Å². The van der Waals surface area contributed by atoms with Crippen LogP contribution in [0.5, 0.6) is 0 Å². The molecule has 6 nitrogen and oxygen atoms in total. The molecule has 3 amide bonds. The van der Waals surface area contributed by atoms with E-state index in [0.717, 1.165) is 18.4 Å². The Kier molecular flexibility index (Phi) is 8.77.